The van der Waals surface area contributed by atoms with Gasteiger partial charge in [-0.2, -0.15) is 0 Å². The van der Waals surface area contributed by atoms with Crippen molar-refractivity contribution in [3.05, 3.63) is 24.3 Å². The van der Waals surface area contributed by atoms with E-state index < -0.39 is 0 Å². The van der Waals surface area contributed by atoms with Crippen LogP contribution in [0.15, 0.2) is 24.3 Å². The van der Waals surface area contributed by atoms with Gasteiger partial charge < -0.3 is 10.2 Å². The van der Waals surface area contributed by atoms with Gasteiger partial charge >= 0.3 is 6.03 Å². The Morgan fingerprint density at radius 2 is 1.86 bits per heavy atom. The van der Waals surface area contributed by atoms with E-state index >= 15 is 0 Å². The third-order valence-electron chi connectivity index (χ3n) is 4.05. The van der Waals surface area contributed by atoms with Crippen molar-refractivity contribution in [2.24, 2.45) is 5.41 Å². The highest BCUT2D eigenvalue weighted by molar-refractivity contribution is 5.97. The molecule has 2 aliphatic rings. The Morgan fingerprint density at radius 1 is 1.19 bits per heavy atom. The van der Waals surface area contributed by atoms with E-state index in [1.807, 2.05) is 11.0 Å². The summed E-state index contributed by atoms with van der Waals surface area (Å²) in [4.78, 5) is 16.8. The summed E-state index contributed by atoms with van der Waals surface area (Å²) in [5.41, 5.74) is 2.35. The molecule has 1 aliphatic heterocycles. The van der Waals surface area contributed by atoms with Crippen LogP contribution < -0.4 is 15.1 Å². The molecule has 4 nitrogen and oxygen atoms in total. The summed E-state index contributed by atoms with van der Waals surface area (Å²) >= 11 is 0. The van der Waals surface area contributed by atoms with Crippen LogP contribution in [0.25, 0.3) is 0 Å². The monoisotopic (exact) mass is 287 g/mol. The van der Waals surface area contributed by atoms with Gasteiger partial charge in [-0.3, -0.25) is 4.90 Å². The molecular weight excluding hydrogens is 262 g/mol. The maximum Gasteiger partial charge on any atom is 0.322 e. The number of nitrogens with zero attached hydrogens (tertiary/aromatic N) is 2. The van der Waals surface area contributed by atoms with Gasteiger partial charge in [0.2, 0.25) is 0 Å². The molecule has 1 N–H and O–H groups in total. The number of para-hydroxylation sites is 2. The Hall–Kier alpha value is -1.71. The van der Waals surface area contributed by atoms with Crippen molar-refractivity contribution in [3.63, 3.8) is 0 Å². The minimum atomic E-state index is 0.0211. The van der Waals surface area contributed by atoms with Crippen LogP contribution in [0.2, 0.25) is 0 Å². The molecule has 114 valence electrons. The van der Waals surface area contributed by atoms with Gasteiger partial charge in [0.15, 0.2) is 0 Å². The zero-order valence-electron chi connectivity index (χ0n) is 13.2. The summed E-state index contributed by atoms with van der Waals surface area (Å²) in [6, 6.07) is 8.97. The molecule has 1 aliphatic carbocycles. The molecule has 1 heterocycles. The third-order valence-corrected chi connectivity index (χ3v) is 4.05. The second-order valence-electron chi connectivity index (χ2n) is 7.28. The SMILES string of the molecule is CC(C)(C)CNC(=O)N1CCN(C2CC2)c2ccccc21. The molecular formula is C17H25N3O. The number of carbonyl (C=O) groups excluding carboxylic acids is 1. The van der Waals surface area contributed by atoms with Crippen molar-refractivity contribution in [1.29, 1.82) is 0 Å². The number of hydrogen-bond donors (Lipinski definition) is 1. The molecule has 0 spiro atoms. The number of fused-ring (bicyclic) bond motifs is 1. The molecule has 0 unspecified atom stereocenters. The Labute approximate surface area is 127 Å². The van der Waals surface area contributed by atoms with Gasteiger partial charge in [-0.1, -0.05) is 32.9 Å². The summed E-state index contributed by atoms with van der Waals surface area (Å²) in [7, 11) is 0. The predicted molar refractivity (Wildman–Crippen MR) is 87.0 cm³/mol. The van der Waals surface area contributed by atoms with Gasteiger partial charge in [-0.25, -0.2) is 4.79 Å². The number of benzene rings is 1. The van der Waals surface area contributed by atoms with Gasteiger partial charge in [-0.15, -0.1) is 0 Å². The first-order valence-electron chi connectivity index (χ1n) is 7.87. The molecule has 1 fully saturated rings. The van der Waals surface area contributed by atoms with Crippen molar-refractivity contribution < 1.29 is 4.79 Å². The molecule has 2 amide bonds. The van der Waals surface area contributed by atoms with Crippen LogP contribution in [0, 0.1) is 5.41 Å². The van der Waals surface area contributed by atoms with Crippen LogP contribution in [0.5, 0.6) is 0 Å². The first-order valence-corrected chi connectivity index (χ1v) is 7.87. The fraction of sp³-hybridized carbons (Fsp3) is 0.588. The van der Waals surface area contributed by atoms with E-state index in [0.717, 1.165) is 18.8 Å². The van der Waals surface area contributed by atoms with Gasteiger partial charge in [0.25, 0.3) is 0 Å². The summed E-state index contributed by atoms with van der Waals surface area (Å²) in [6.07, 6.45) is 2.56. The highest BCUT2D eigenvalue weighted by Gasteiger charge is 2.35. The molecule has 0 saturated heterocycles. The van der Waals surface area contributed by atoms with Crippen molar-refractivity contribution >= 4 is 17.4 Å². The molecule has 1 saturated carbocycles. The van der Waals surface area contributed by atoms with Crippen molar-refractivity contribution in [2.75, 3.05) is 29.4 Å². The van der Waals surface area contributed by atoms with Crippen LogP contribution in [-0.4, -0.2) is 31.7 Å². The maximum absolute atomic E-state index is 12.5. The number of carbonyl (C=O) groups is 1. The number of nitrogens with one attached hydrogen (secondary N) is 1. The average Bonchev–Trinajstić information content (AvgIpc) is 3.27. The first-order chi connectivity index (χ1) is 9.96. The van der Waals surface area contributed by atoms with E-state index in [1.54, 1.807) is 0 Å². The summed E-state index contributed by atoms with van der Waals surface area (Å²) < 4.78 is 0. The van der Waals surface area contributed by atoms with E-state index in [4.69, 9.17) is 0 Å². The Balaban J connectivity index is 1.77. The van der Waals surface area contributed by atoms with E-state index in [2.05, 4.69) is 49.2 Å². The maximum atomic E-state index is 12.5. The fourth-order valence-electron chi connectivity index (χ4n) is 2.80. The van der Waals surface area contributed by atoms with E-state index in [0.29, 0.717) is 12.6 Å². The first kappa shape index (κ1) is 14.2. The zero-order valence-corrected chi connectivity index (χ0v) is 13.2. The van der Waals surface area contributed by atoms with Crippen LogP contribution in [0.3, 0.4) is 0 Å². The van der Waals surface area contributed by atoms with Gasteiger partial charge in [0, 0.05) is 25.7 Å². The topological polar surface area (TPSA) is 35.6 Å². The second-order valence-corrected chi connectivity index (χ2v) is 7.28. The average molecular weight is 287 g/mol. The quantitative estimate of drug-likeness (QED) is 0.906. The smallest absolute Gasteiger partial charge is 0.322 e. The zero-order chi connectivity index (χ0) is 15.0. The predicted octanol–water partition coefficient (Wildman–Crippen LogP) is 3.23. The van der Waals surface area contributed by atoms with Crippen LogP contribution in [0.4, 0.5) is 16.2 Å². The Bertz CT molecular complexity index is 531. The molecule has 0 radical (unpaired) electrons. The lowest BCUT2D eigenvalue weighted by molar-refractivity contribution is 0.241. The minimum Gasteiger partial charge on any atom is -0.365 e. The van der Waals surface area contributed by atoms with Crippen molar-refractivity contribution in [3.8, 4) is 0 Å². The van der Waals surface area contributed by atoms with Crippen molar-refractivity contribution in [1.82, 2.24) is 5.32 Å². The largest absolute Gasteiger partial charge is 0.365 e. The minimum absolute atomic E-state index is 0.0211. The van der Waals surface area contributed by atoms with E-state index in [1.165, 1.54) is 18.5 Å². The van der Waals surface area contributed by atoms with Gasteiger partial charge in [-0.05, 0) is 30.4 Å². The molecule has 1 aromatic carbocycles. The molecule has 4 heteroatoms. The van der Waals surface area contributed by atoms with E-state index in [-0.39, 0.29) is 11.4 Å². The fourth-order valence-corrected chi connectivity index (χ4v) is 2.80. The summed E-state index contributed by atoms with van der Waals surface area (Å²) in [6.45, 7) is 8.79. The van der Waals surface area contributed by atoms with E-state index in [9.17, 15) is 4.79 Å². The molecule has 3 rings (SSSR count). The molecule has 21 heavy (non-hydrogen) atoms. The molecule has 0 aromatic heterocycles. The number of rotatable bonds is 2. The van der Waals surface area contributed by atoms with Crippen LogP contribution in [0.1, 0.15) is 33.6 Å². The van der Waals surface area contributed by atoms with Crippen LogP contribution in [-0.2, 0) is 0 Å². The standard InChI is InChI=1S/C17H25N3O/c1-17(2,3)12-18-16(21)20-11-10-19(13-8-9-13)14-6-4-5-7-15(14)20/h4-7,13H,8-12H2,1-3H3,(H,18,21). The molecule has 0 bridgehead atoms. The third kappa shape index (κ3) is 3.14. The Morgan fingerprint density at radius 3 is 2.48 bits per heavy atom. The Kier molecular flexibility index (Phi) is 3.56. The summed E-state index contributed by atoms with van der Waals surface area (Å²) in [5, 5.41) is 3.06. The lowest BCUT2D eigenvalue weighted by atomic mass is 9.97. The summed E-state index contributed by atoms with van der Waals surface area (Å²) in [5.74, 6) is 0. The lowest BCUT2D eigenvalue weighted by Crippen LogP contribution is -2.50. The van der Waals surface area contributed by atoms with Gasteiger partial charge in [0.05, 0.1) is 11.4 Å². The second kappa shape index (κ2) is 5.24. The molecule has 1 aromatic rings. The normalized spacial score (nSPS) is 18.4. The number of hydrogen-bond acceptors (Lipinski definition) is 2. The van der Waals surface area contributed by atoms with Gasteiger partial charge in [0.1, 0.15) is 0 Å². The van der Waals surface area contributed by atoms with Crippen molar-refractivity contribution in [2.45, 2.75) is 39.7 Å². The highest BCUT2D eigenvalue weighted by atomic mass is 16.2. The number of amides is 2. The lowest BCUT2D eigenvalue weighted by Gasteiger charge is -2.38. The number of anilines is 2. The molecule has 0 atom stereocenters. The number of urea groups is 1. The van der Waals surface area contributed by atoms with Crippen LogP contribution >= 0.6 is 0 Å². The highest BCUT2D eigenvalue weighted by Crippen LogP contribution is 2.39.